The highest BCUT2D eigenvalue weighted by Crippen LogP contribution is 2.23. The Hall–Kier alpha value is -2.75. The summed E-state index contributed by atoms with van der Waals surface area (Å²) in [5.41, 5.74) is 2.87. The average molecular weight is 324 g/mol. The molecule has 2 aromatic carbocycles. The molecule has 4 nitrogen and oxygen atoms in total. The lowest BCUT2D eigenvalue weighted by Crippen LogP contribution is -2.22. The van der Waals surface area contributed by atoms with Gasteiger partial charge in [0.05, 0.1) is 6.54 Å². The maximum atomic E-state index is 12.2. The van der Waals surface area contributed by atoms with E-state index in [2.05, 4.69) is 31.1 Å². The highest BCUT2D eigenvalue weighted by molar-refractivity contribution is 5.94. The number of hydrogen-bond donors (Lipinski definition) is 2. The van der Waals surface area contributed by atoms with Gasteiger partial charge in [-0.05, 0) is 41.8 Å². The van der Waals surface area contributed by atoms with Gasteiger partial charge >= 0.3 is 0 Å². The summed E-state index contributed by atoms with van der Waals surface area (Å²) in [5, 5.41) is 6.07. The van der Waals surface area contributed by atoms with E-state index in [1.54, 1.807) is 6.08 Å². The van der Waals surface area contributed by atoms with Gasteiger partial charge in [-0.1, -0.05) is 44.7 Å². The molecule has 0 spiro atoms. The fourth-order valence-corrected chi connectivity index (χ4v) is 2.32. The Kier molecular flexibility index (Phi) is 6.43. The number of nitrogens with one attached hydrogen (secondary N) is 2. The second-order valence-electron chi connectivity index (χ2n) is 5.77. The number of ether oxygens (including phenoxy) is 1. The average Bonchev–Trinajstić information content (AvgIpc) is 2.59. The predicted molar refractivity (Wildman–Crippen MR) is 99.8 cm³/mol. The van der Waals surface area contributed by atoms with E-state index in [1.807, 2.05) is 48.5 Å². The minimum atomic E-state index is -0.0740. The Morgan fingerprint density at radius 2 is 1.88 bits per heavy atom. The molecule has 126 valence electrons. The standard InChI is InChI=1S/C20H24N2O2/c1-4-13-24-17-11-9-16(10-12-17)21-14-20(23)22-19-8-6-5-7-18(19)15(2)3/h4-12,15,21H,1,13-14H2,2-3H3,(H,22,23). The van der Waals surface area contributed by atoms with Crippen molar-refractivity contribution in [1.29, 1.82) is 0 Å². The van der Waals surface area contributed by atoms with Crippen molar-refractivity contribution in [2.45, 2.75) is 19.8 Å². The molecule has 0 aliphatic heterocycles. The third kappa shape index (κ3) is 5.16. The van der Waals surface area contributed by atoms with Crippen molar-refractivity contribution in [3.63, 3.8) is 0 Å². The highest BCUT2D eigenvalue weighted by atomic mass is 16.5. The molecular weight excluding hydrogens is 300 g/mol. The molecule has 2 rings (SSSR count). The number of carbonyl (C=O) groups is 1. The van der Waals surface area contributed by atoms with Gasteiger partial charge < -0.3 is 15.4 Å². The second kappa shape index (κ2) is 8.77. The summed E-state index contributed by atoms with van der Waals surface area (Å²) in [6, 6.07) is 15.4. The number of amides is 1. The number of rotatable bonds is 8. The fourth-order valence-electron chi connectivity index (χ4n) is 2.32. The topological polar surface area (TPSA) is 50.4 Å². The maximum absolute atomic E-state index is 12.2. The first-order chi connectivity index (χ1) is 11.6. The second-order valence-corrected chi connectivity index (χ2v) is 5.77. The lowest BCUT2D eigenvalue weighted by Gasteiger charge is -2.14. The van der Waals surface area contributed by atoms with Gasteiger partial charge in [0.1, 0.15) is 12.4 Å². The van der Waals surface area contributed by atoms with Gasteiger partial charge in [0.2, 0.25) is 5.91 Å². The number of para-hydroxylation sites is 1. The minimum Gasteiger partial charge on any atom is -0.490 e. The number of carbonyl (C=O) groups excluding carboxylic acids is 1. The molecule has 0 bridgehead atoms. The van der Waals surface area contributed by atoms with Crippen molar-refractivity contribution in [3.05, 3.63) is 66.7 Å². The number of benzene rings is 2. The van der Waals surface area contributed by atoms with Crippen LogP contribution in [0.2, 0.25) is 0 Å². The largest absolute Gasteiger partial charge is 0.490 e. The normalized spacial score (nSPS) is 10.3. The van der Waals surface area contributed by atoms with Crippen LogP contribution in [0.1, 0.15) is 25.3 Å². The van der Waals surface area contributed by atoms with Crippen molar-refractivity contribution < 1.29 is 9.53 Å². The zero-order chi connectivity index (χ0) is 17.4. The first kappa shape index (κ1) is 17.6. The molecule has 0 aromatic heterocycles. The van der Waals surface area contributed by atoms with Crippen LogP contribution in [0.3, 0.4) is 0 Å². The van der Waals surface area contributed by atoms with E-state index in [4.69, 9.17) is 4.74 Å². The molecule has 2 N–H and O–H groups in total. The molecule has 0 saturated carbocycles. The van der Waals surface area contributed by atoms with Crippen LogP contribution in [0.15, 0.2) is 61.2 Å². The molecule has 0 fully saturated rings. The van der Waals surface area contributed by atoms with Gasteiger partial charge in [0.15, 0.2) is 0 Å². The molecule has 0 aliphatic rings. The Morgan fingerprint density at radius 3 is 2.54 bits per heavy atom. The number of anilines is 2. The van der Waals surface area contributed by atoms with Gasteiger partial charge in [-0.25, -0.2) is 0 Å². The van der Waals surface area contributed by atoms with E-state index >= 15 is 0 Å². The van der Waals surface area contributed by atoms with Crippen LogP contribution >= 0.6 is 0 Å². The fraction of sp³-hybridized carbons (Fsp3) is 0.250. The summed E-state index contributed by atoms with van der Waals surface area (Å²) in [6.07, 6.45) is 1.70. The highest BCUT2D eigenvalue weighted by Gasteiger charge is 2.09. The van der Waals surface area contributed by atoms with Crippen LogP contribution in [-0.2, 0) is 4.79 Å². The Bertz CT molecular complexity index is 678. The van der Waals surface area contributed by atoms with Crippen molar-refractivity contribution in [1.82, 2.24) is 0 Å². The summed E-state index contributed by atoms with van der Waals surface area (Å²) < 4.78 is 5.43. The summed E-state index contributed by atoms with van der Waals surface area (Å²) in [4.78, 5) is 12.2. The van der Waals surface area contributed by atoms with Gasteiger partial charge in [0, 0.05) is 11.4 Å². The molecule has 0 heterocycles. The van der Waals surface area contributed by atoms with Crippen LogP contribution in [0.5, 0.6) is 5.75 Å². The van der Waals surface area contributed by atoms with Crippen LogP contribution in [0.25, 0.3) is 0 Å². The van der Waals surface area contributed by atoms with Crippen molar-refractivity contribution >= 4 is 17.3 Å². The van der Waals surface area contributed by atoms with Crippen LogP contribution < -0.4 is 15.4 Å². The lowest BCUT2D eigenvalue weighted by atomic mass is 10.0. The molecule has 1 amide bonds. The van der Waals surface area contributed by atoms with Gasteiger partial charge in [0.25, 0.3) is 0 Å². The van der Waals surface area contributed by atoms with Crippen LogP contribution in [-0.4, -0.2) is 19.1 Å². The molecule has 0 radical (unpaired) electrons. The molecule has 0 unspecified atom stereocenters. The Balaban J connectivity index is 1.88. The smallest absolute Gasteiger partial charge is 0.243 e. The van der Waals surface area contributed by atoms with Crippen molar-refractivity contribution in [2.75, 3.05) is 23.8 Å². The molecule has 0 saturated heterocycles. The molecule has 2 aromatic rings. The lowest BCUT2D eigenvalue weighted by molar-refractivity contribution is -0.114. The molecule has 24 heavy (non-hydrogen) atoms. The van der Waals surface area contributed by atoms with Crippen molar-refractivity contribution in [3.8, 4) is 5.75 Å². The maximum Gasteiger partial charge on any atom is 0.243 e. The summed E-state index contributed by atoms with van der Waals surface area (Å²) in [7, 11) is 0. The van der Waals surface area contributed by atoms with Gasteiger partial charge in [-0.2, -0.15) is 0 Å². The monoisotopic (exact) mass is 324 g/mol. The van der Waals surface area contributed by atoms with Gasteiger partial charge in [-0.15, -0.1) is 0 Å². The van der Waals surface area contributed by atoms with E-state index in [0.717, 1.165) is 22.7 Å². The van der Waals surface area contributed by atoms with E-state index in [9.17, 15) is 4.79 Å². The van der Waals surface area contributed by atoms with E-state index in [1.165, 1.54) is 0 Å². The van der Waals surface area contributed by atoms with E-state index in [0.29, 0.717) is 12.5 Å². The zero-order valence-corrected chi connectivity index (χ0v) is 14.2. The third-order valence-electron chi connectivity index (χ3n) is 3.53. The minimum absolute atomic E-state index is 0.0740. The summed E-state index contributed by atoms with van der Waals surface area (Å²) in [5.74, 6) is 1.06. The van der Waals surface area contributed by atoms with Crippen molar-refractivity contribution in [2.24, 2.45) is 0 Å². The molecular formula is C20H24N2O2. The van der Waals surface area contributed by atoms with Crippen LogP contribution in [0, 0.1) is 0 Å². The Morgan fingerprint density at radius 1 is 1.17 bits per heavy atom. The predicted octanol–water partition coefficient (Wildman–Crippen LogP) is 4.43. The first-order valence-corrected chi connectivity index (χ1v) is 8.06. The van der Waals surface area contributed by atoms with E-state index in [-0.39, 0.29) is 12.5 Å². The van der Waals surface area contributed by atoms with Gasteiger partial charge in [-0.3, -0.25) is 4.79 Å². The van der Waals surface area contributed by atoms with Crippen LogP contribution in [0.4, 0.5) is 11.4 Å². The summed E-state index contributed by atoms with van der Waals surface area (Å²) >= 11 is 0. The molecule has 4 heteroatoms. The molecule has 0 aliphatic carbocycles. The zero-order valence-electron chi connectivity index (χ0n) is 14.2. The van der Waals surface area contributed by atoms with E-state index < -0.39 is 0 Å². The third-order valence-corrected chi connectivity index (χ3v) is 3.53. The SMILES string of the molecule is C=CCOc1ccc(NCC(=O)Nc2ccccc2C(C)C)cc1. The number of hydrogen-bond acceptors (Lipinski definition) is 3. The molecule has 0 atom stereocenters. The quantitative estimate of drug-likeness (QED) is 0.707. The Labute approximate surface area is 143 Å². The summed E-state index contributed by atoms with van der Waals surface area (Å²) in [6.45, 7) is 8.52. The first-order valence-electron chi connectivity index (χ1n) is 8.06.